The zero-order chi connectivity index (χ0) is 16.2. The van der Waals surface area contributed by atoms with Gasteiger partial charge in [-0.15, -0.1) is 0 Å². The van der Waals surface area contributed by atoms with Gasteiger partial charge in [-0.1, -0.05) is 0 Å². The molecular formula is C13H17N3O5. The van der Waals surface area contributed by atoms with E-state index in [1.54, 1.807) is 14.0 Å². The summed E-state index contributed by atoms with van der Waals surface area (Å²) in [6.45, 7) is 3.75. The fourth-order valence-corrected chi connectivity index (χ4v) is 1.69. The van der Waals surface area contributed by atoms with Crippen LogP contribution in [-0.4, -0.2) is 46.4 Å². The van der Waals surface area contributed by atoms with Crippen molar-refractivity contribution in [2.24, 2.45) is 0 Å². The summed E-state index contributed by atoms with van der Waals surface area (Å²) < 4.78 is 0. The molecule has 8 heteroatoms. The molecule has 1 aromatic rings. The summed E-state index contributed by atoms with van der Waals surface area (Å²) >= 11 is 0. The summed E-state index contributed by atoms with van der Waals surface area (Å²) in [5, 5.41) is 22.6. The molecule has 0 aliphatic heterocycles. The number of benzene rings is 1. The summed E-state index contributed by atoms with van der Waals surface area (Å²) in [7, 11) is 1.59. The Morgan fingerprint density at radius 1 is 1.48 bits per heavy atom. The van der Waals surface area contributed by atoms with E-state index in [9.17, 15) is 24.8 Å². The van der Waals surface area contributed by atoms with Gasteiger partial charge in [0.25, 0.3) is 11.6 Å². The Morgan fingerprint density at radius 2 is 2.10 bits per heavy atom. The lowest BCUT2D eigenvalue weighted by Gasteiger charge is -2.20. The molecule has 1 atom stereocenters. The van der Waals surface area contributed by atoms with Gasteiger partial charge in [0.1, 0.15) is 17.4 Å². The van der Waals surface area contributed by atoms with Crippen LogP contribution in [0, 0.1) is 10.1 Å². The number of nitro groups is 1. The number of phenolic OH excluding ortho intramolecular Hbond substituents is 1. The lowest BCUT2D eigenvalue weighted by Crippen LogP contribution is -2.45. The highest BCUT2D eigenvalue weighted by Gasteiger charge is 2.24. The number of nitrogens with zero attached hydrogens (tertiary/aromatic N) is 2. The minimum absolute atomic E-state index is 0.268. The molecule has 0 aromatic heterocycles. The maximum absolute atomic E-state index is 12.1. The van der Waals surface area contributed by atoms with Crippen LogP contribution < -0.4 is 5.32 Å². The maximum Gasteiger partial charge on any atom is 0.282 e. The largest absolute Gasteiger partial charge is 0.508 e. The first-order chi connectivity index (χ1) is 9.77. The Balaban J connectivity index is 2.97. The van der Waals surface area contributed by atoms with Crippen molar-refractivity contribution >= 4 is 17.5 Å². The van der Waals surface area contributed by atoms with Crippen molar-refractivity contribution in [1.29, 1.82) is 0 Å². The summed E-state index contributed by atoms with van der Waals surface area (Å²) in [6, 6.07) is 2.32. The third-order valence-corrected chi connectivity index (χ3v) is 2.99. The Hall–Kier alpha value is -2.64. The summed E-state index contributed by atoms with van der Waals surface area (Å²) in [6.07, 6.45) is 0. The van der Waals surface area contributed by atoms with Crippen molar-refractivity contribution < 1.29 is 19.6 Å². The zero-order valence-corrected chi connectivity index (χ0v) is 12.0. The van der Waals surface area contributed by atoms with E-state index in [0.717, 1.165) is 18.2 Å². The molecule has 0 fully saturated rings. The zero-order valence-electron chi connectivity index (χ0n) is 12.0. The maximum atomic E-state index is 12.1. The molecule has 1 unspecified atom stereocenters. The van der Waals surface area contributed by atoms with E-state index in [0.29, 0.717) is 6.54 Å². The predicted octanol–water partition coefficient (Wildman–Crippen LogP) is 0.897. The van der Waals surface area contributed by atoms with E-state index in [4.69, 9.17) is 0 Å². The highest BCUT2D eigenvalue weighted by Crippen LogP contribution is 2.23. The molecule has 2 amide bonds. The number of carbonyl (C=O) groups excluding carboxylic acids is 2. The van der Waals surface area contributed by atoms with Crippen LogP contribution >= 0.6 is 0 Å². The van der Waals surface area contributed by atoms with Gasteiger partial charge in [0.05, 0.1) is 4.92 Å². The Labute approximate surface area is 121 Å². The van der Waals surface area contributed by atoms with Gasteiger partial charge >= 0.3 is 0 Å². The second kappa shape index (κ2) is 6.69. The van der Waals surface area contributed by atoms with Crippen molar-refractivity contribution in [3.8, 4) is 5.75 Å². The molecule has 0 bridgehead atoms. The smallest absolute Gasteiger partial charge is 0.282 e. The van der Waals surface area contributed by atoms with Gasteiger partial charge in [-0.25, -0.2) is 0 Å². The van der Waals surface area contributed by atoms with Crippen molar-refractivity contribution in [1.82, 2.24) is 10.2 Å². The number of hydrogen-bond acceptors (Lipinski definition) is 5. The van der Waals surface area contributed by atoms with Crippen LogP contribution in [0.4, 0.5) is 5.69 Å². The number of aromatic hydroxyl groups is 1. The van der Waals surface area contributed by atoms with Crippen LogP contribution in [0.15, 0.2) is 18.2 Å². The number of phenols is 1. The van der Waals surface area contributed by atoms with Crippen molar-refractivity contribution in [3.63, 3.8) is 0 Å². The quantitative estimate of drug-likeness (QED) is 0.619. The van der Waals surface area contributed by atoms with E-state index < -0.39 is 22.6 Å². The van der Waals surface area contributed by atoms with Gasteiger partial charge in [-0.2, -0.15) is 0 Å². The van der Waals surface area contributed by atoms with E-state index in [1.807, 2.05) is 0 Å². The number of amides is 2. The molecule has 2 N–H and O–H groups in total. The number of rotatable bonds is 5. The van der Waals surface area contributed by atoms with Crippen molar-refractivity contribution in [2.75, 3.05) is 13.6 Å². The summed E-state index contributed by atoms with van der Waals surface area (Å²) in [4.78, 5) is 35.5. The molecule has 8 nitrogen and oxygen atoms in total. The highest BCUT2D eigenvalue weighted by molar-refractivity contribution is 6.00. The van der Waals surface area contributed by atoms with Gasteiger partial charge in [-0.05, 0) is 26.0 Å². The molecule has 1 rings (SSSR count). The third kappa shape index (κ3) is 3.91. The van der Waals surface area contributed by atoms with E-state index >= 15 is 0 Å². The molecule has 21 heavy (non-hydrogen) atoms. The SMILES string of the molecule is CCN(C)C(=O)C(C)NC(=O)c1cc(O)ccc1[N+](=O)[O-]. The number of nitro benzene ring substituents is 1. The fraction of sp³-hybridized carbons (Fsp3) is 0.385. The molecule has 114 valence electrons. The topological polar surface area (TPSA) is 113 Å². The van der Waals surface area contributed by atoms with E-state index in [2.05, 4.69) is 5.32 Å². The normalized spacial score (nSPS) is 11.6. The standard InChI is InChI=1S/C13H17N3O5/c1-4-15(3)13(19)8(2)14-12(18)10-7-9(17)5-6-11(10)16(20)21/h5-8,17H,4H2,1-3H3,(H,14,18). The van der Waals surface area contributed by atoms with Crippen LogP contribution in [0.3, 0.4) is 0 Å². The average molecular weight is 295 g/mol. The predicted molar refractivity (Wildman–Crippen MR) is 75.0 cm³/mol. The third-order valence-electron chi connectivity index (χ3n) is 2.99. The summed E-state index contributed by atoms with van der Waals surface area (Å²) in [5.74, 6) is -1.37. The summed E-state index contributed by atoms with van der Waals surface area (Å²) in [5.41, 5.74) is -0.729. The number of nitrogens with one attached hydrogen (secondary N) is 1. The minimum atomic E-state index is -0.829. The van der Waals surface area contributed by atoms with E-state index in [1.165, 1.54) is 11.8 Å². The molecule has 0 aliphatic carbocycles. The van der Waals surface area contributed by atoms with Crippen LogP contribution in [0.1, 0.15) is 24.2 Å². The Bertz CT molecular complexity index is 573. The highest BCUT2D eigenvalue weighted by atomic mass is 16.6. The van der Waals surface area contributed by atoms with Gasteiger partial charge in [0, 0.05) is 19.7 Å². The lowest BCUT2D eigenvalue weighted by atomic mass is 10.1. The van der Waals surface area contributed by atoms with Crippen molar-refractivity contribution in [3.05, 3.63) is 33.9 Å². The minimum Gasteiger partial charge on any atom is -0.508 e. The van der Waals surface area contributed by atoms with E-state index in [-0.39, 0.29) is 17.2 Å². The van der Waals surface area contributed by atoms with Gasteiger partial charge in [0.15, 0.2) is 0 Å². The van der Waals surface area contributed by atoms with Crippen LogP contribution in [0.5, 0.6) is 5.75 Å². The monoisotopic (exact) mass is 295 g/mol. The Morgan fingerprint density at radius 3 is 2.62 bits per heavy atom. The Kier molecular flexibility index (Phi) is 5.23. The van der Waals surface area contributed by atoms with Gasteiger partial charge < -0.3 is 15.3 Å². The first-order valence-corrected chi connectivity index (χ1v) is 6.31. The average Bonchev–Trinajstić information content (AvgIpc) is 2.44. The number of likely N-dealkylation sites (N-methyl/N-ethyl adjacent to an activating group) is 1. The molecule has 0 spiro atoms. The van der Waals surface area contributed by atoms with Gasteiger partial charge in [-0.3, -0.25) is 19.7 Å². The van der Waals surface area contributed by atoms with Crippen molar-refractivity contribution in [2.45, 2.75) is 19.9 Å². The second-order valence-corrected chi connectivity index (χ2v) is 4.51. The van der Waals surface area contributed by atoms with Crippen LogP contribution in [0.2, 0.25) is 0 Å². The molecule has 0 radical (unpaired) electrons. The molecule has 1 aromatic carbocycles. The fourth-order valence-electron chi connectivity index (χ4n) is 1.69. The lowest BCUT2D eigenvalue weighted by molar-refractivity contribution is -0.385. The molecular weight excluding hydrogens is 278 g/mol. The molecule has 0 heterocycles. The first-order valence-electron chi connectivity index (χ1n) is 6.31. The molecule has 0 saturated heterocycles. The first kappa shape index (κ1) is 16.4. The number of carbonyl (C=O) groups is 2. The second-order valence-electron chi connectivity index (χ2n) is 4.51. The molecule has 0 saturated carbocycles. The van der Waals surface area contributed by atoms with Gasteiger partial charge in [0.2, 0.25) is 5.91 Å². The molecule has 0 aliphatic rings. The van der Waals surface area contributed by atoms with Crippen LogP contribution in [-0.2, 0) is 4.79 Å². The number of hydrogen-bond donors (Lipinski definition) is 2. The van der Waals surface area contributed by atoms with Crippen LogP contribution in [0.25, 0.3) is 0 Å².